The van der Waals surface area contributed by atoms with Crippen molar-refractivity contribution in [3.63, 3.8) is 0 Å². The van der Waals surface area contributed by atoms with Crippen molar-refractivity contribution in [2.24, 2.45) is 7.05 Å². The minimum atomic E-state index is -0.911. The molecular weight excluding hydrogens is 338 g/mol. The van der Waals surface area contributed by atoms with Crippen LogP contribution in [-0.2, 0) is 16.6 Å². The zero-order valence-electron chi connectivity index (χ0n) is 15.1. The lowest BCUT2D eigenvalue weighted by atomic mass is 10.2. The number of hydrogen-bond donors (Lipinski definition) is 1. The number of nitrogens with one attached hydrogen (secondary N) is 1. The summed E-state index contributed by atoms with van der Waals surface area (Å²) in [7, 11) is 1.81. The summed E-state index contributed by atoms with van der Waals surface area (Å²) in [6.45, 7) is 7.26. The zero-order valence-corrected chi connectivity index (χ0v) is 15.9. The highest BCUT2D eigenvalue weighted by Crippen LogP contribution is 2.23. The molecule has 0 saturated heterocycles. The molecule has 7 heteroatoms. The minimum absolute atomic E-state index is 0.381. The lowest BCUT2D eigenvalue weighted by Gasteiger charge is -2.15. The Hall–Kier alpha value is -2.28. The molecule has 25 heavy (non-hydrogen) atoms. The Kier molecular flexibility index (Phi) is 6.25. The van der Waals surface area contributed by atoms with Crippen molar-refractivity contribution >= 4 is 29.3 Å². The molecule has 0 aliphatic rings. The van der Waals surface area contributed by atoms with Gasteiger partial charge in [0.2, 0.25) is 0 Å². The Bertz CT molecular complexity index is 786. The second-order valence-electron chi connectivity index (χ2n) is 5.64. The number of carbonyl (C=O) groups excluding carboxylic acids is 2. The highest BCUT2D eigenvalue weighted by Gasteiger charge is 2.22. The number of thioether (sulfide) groups is 1. The molecule has 0 aliphatic carbocycles. The Balaban J connectivity index is 2.07. The van der Waals surface area contributed by atoms with Gasteiger partial charge in [0.15, 0.2) is 6.10 Å². The van der Waals surface area contributed by atoms with E-state index in [0.717, 1.165) is 22.0 Å². The third-order valence-corrected chi connectivity index (χ3v) is 4.77. The molecule has 134 valence electrons. The van der Waals surface area contributed by atoms with E-state index >= 15 is 0 Å². The summed E-state index contributed by atoms with van der Waals surface area (Å²) in [6, 6.07) is 7.24. The zero-order chi connectivity index (χ0) is 18.6. The summed E-state index contributed by atoms with van der Waals surface area (Å²) >= 11 is 1.56. The predicted molar refractivity (Wildman–Crippen MR) is 99.0 cm³/mol. The number of amides is 1. The highest BCUT2D eigenvalue weighted by molar-refractivity contribution is 7.99. The number of ether oxygens (including phenoxy) is 1. The summed E-state index contributed by atoms with van der Waals surface area (Å²) in [5.41, 5.74) is 2.69. The van der Waals surface area contributed by atoms with E-state index in [1.54, 1.807) is 35.5 Å². The van der Waals surface area contributed by atoms with Crippen LogP contribution in [0.2, 0.25) is 0 Å². The number of esters is 1. The number of hydrogen-bond acceptors (Lipinski definition) is 5. The lowest BCUT2D eigenvalue weighted by molar-refractivity contribution is -0.123. The summed E-state index contributed by atoms with van der Waals surface area (Å²) in [4.78, 5) is 25.6. The fourth-order valence-electron chi connectivity index (χ4n) is 2.37. The van der Waals surface area contributed by atoms with Crippen LogP contribution in [0.4, 0.5) is 5.69 Å². The first kappa shape index (κ1) is 19.1. The van der Waals surface area contributed by atoms with Gasteiger partial charge in [0.05, 0.1) is 22.6 Å². The average molecular weight is 361 g/mol. The molecule has 0 spiro atoms. The van der Waals surface area contributed by atoms with Gasteiger partial charge in [-0.1, -0.05) is 19.1 Å². The van der Waals surface area contributed by atoms with Crippen LogP contribution in [-0.4, -0.2) is 33.5 Å². The van der Waals surface area contributed by atoms with Crippen LogP contribution in [0.1, 0.15) is 35.6 Å². The van der Waals surface area contributed by atoms with Crippen LogP contribution in [0.3, 0.4) is 0 Å². The van der Waals surface area contributed by atoms with Gasteiger partial charge < -0.3 is 10.1 Å². The third kappa shape index (κ3) is 4.42. The van der Waals surface area contributed by atoms with Gasteiger partial charge in [-0.05, 0) is 38.7 Å². The third-order valence-electron chi connectivity index (χ3n) is 3.82. The van der Waals surface area contributed by atoms with Gasteiger partial charge in [0, 0.05) is 11.9 Å². The minimum Gasteiger partial charge on any atom is -0.449 e. The Morgan fingerprint density at radius 3 is 2.60 bits per heavy atom. The van der Waals surface area contributed by atoms with E-state index in [1.807, 2.05) is 40.0 Å². The fraction of sp³-hybridized carbons (Fsp3) is 0.389. The molecule has 0 saturated carbocycles. The number of aryl methyl sites for hydroxylation is 2. The number of benzene rings is 1. The molecule has 2 aromatic rings. The molecule has 1 N–H and O–H groups in total. The molecule has 1 heterocycles. The Morgan fingerprint density at radius 1 is 1.32 bits per heavy atom. The predicted octanol–water partition coefficient (Wildman–Crippen LogP) is 3.33. The van der Waals surface area contributed by atoms with Gasteiger partial charge >= 0.3 is 5.97 Å². The quantitative estimate of drug-likeness (QED) is 0.631. The largest absolute Gasteiger partial charge is 0.449 e. The molecule has 2 rings (SSSR count). The molecule has 1 amide bonds. The maximum atomic E-state index is 12.4. The first-order chi connectivity index (χ1) is 11.8. The van der Waals surface area contributed by atoms with Crippen LogP contribution in [0.15, 0.2) is 29.2 Å². The summed E-state index contributed by atoms with van der Waals surface area (Å²) in [5.74, 6) is -0.0353. The topological polar surface area (TPSA) is 73.2 Å². The van der Waals surface area contributed by atoms with E-state index in [-0.39, 0.29) is 5.91 Å². The van der Waals surface area contributed by atoms with E-state index in [4.69, 9.17) is 4.74 Å². The van der Waals surface area contributed by atoms with E-state index < -0.39 is 12.1 Å². The van der Waals surface area contributed by atoms with E-state index in [0.29, 0.717) is 11.3 Å². The van der Waals surface area contributed by atoms with Gasteiger partial charge in [-0.2, -0.15) is 5.10 Å². The SMILES string of the molecule is CCSc1ccccc1C(=O)O[C@H](C)C(=O)Nc1c(C)nn(C)c1C. The normalized spacial score (nSPS) is 11.9. The van der Waals surface area contributed by atoms with Crippen molar-refractivity contribution in [2.45, 2.75) is 38.7 Å². The number of nitrogens with zero attached hydrogens (tertiary/aromatic N) is 2. The lowest BCUT2D eigenvalue weighted by Crippen LogP contribution is -2.30. The summed E-state index contributed by atoms with van der Waals surface area (Å²) in [5, 5.41) is 7.05. The molecule has 6 nitrogen and oxygen atoms in total. The number of carbonyl (C=O) groups is 2. The fourth-order valence-corrected chi connectivity index (χ4v) is 3.17. The standard InChI is InChI=1S/C18H23N3O3S/c1-6-25-15-10-8-7-9-14(15)18(23)24-13(4)17(22)19-16-11(2)20-21(5)12(16)3/h7-10,13H,6H2,1-5H3,(H,19,22)/t13-/m1/s1. The monoisotopic (exact) mass is 361 g/mol. The Morgan fingerprint density at radius 2 is 2.00 bits per heavy atom. The summed E-state index contributed by atoms with van der Waals surface area (Å²) < 4.78 is 7.05. The van der Waals surface area contributed by atoms with Gasteiger partial charge in [0.25, 0.3) is 5.91 Å². The molecule has 0 aliphatic heterocycles. The molecule has 0 fully saturated rings. The van der Waals surface area contributed by atoms with Crippen molar-refractivity contribution in [2.75, 3.05) is 11.1 Å². The van der Waals surface area contributed by atoms with E-state index in [9.17, 15) is 9.59 Å². The molecule has 1 aromatic carbocycles. The maximum absolute atomic E-state index is 12.4. The molecule has 1 aromatic heterocycles. The van der Waals surface area contributed by atoms with Crippen molar-refractivity contribution in [1.82, 2.24) is 9.78 Å². The van der Waals surface area contributed by atoms with E-state index in [1.165, 1.54) is 0 Å². The number of anilines is 1. The molecule has 1 atom stereocenters. The molecule has 0 radical (unpaired) electrons. The van der Waals surface area contributed by atoms with Gasteiger partial charge in [0.1, 0.15) is 0 Å². The van der Waals surface area contributed by atoms with Crippen LogP contribution in [0.25, 0.3) is 0 Å². The van der Waals surface area contributed by atoms with E-state index in [2.05, 4.69) is 10.4 Å². The second-order valence-corrected chi connectivity index (χ2v) is 6.94. The molecule has 0 unspecified atom stereocenters. The van der Waals surface area contributed by atoms with Crippen LogP contribution in [0.5, 0.6) is 0 Å². The first-order valence-electron chi connectivity index (χ1n) is 8.09. The first-order valence-corrected chi connectivity index (χ1v) is 9.07. The number of rotatable bonds is 6. The van der Waals surface area contributed by atoms with Crippen LogP contribution in [0, 0.1) is 13.8 Å². The average Bonchev–Trinajstić information content (AvgIpc) is 2.81. The number of aromatic nitrogens is 2. The maximum Gasteiger partial charge on any atom is 0.340 e. The second kappa shape index (κ2) is 8.20. The van der Waals surface area contributed by atoms with Gasteiger partial charge in [-0.3, -0.25) is 9.48 Å². The van der Waals surface area contributed by atoms with Crippen molar-refractivity contribution < 1.29 is 14.3 Å². The smallest absolute Gasteiger partial charge is 0.340 e. The van der Waals surface area contributed by atoms with Crippen molar-refractivity contribution in [3.8, 4) is 0 Å². The van der Waals surface area contributed by atoms with Gasteiger partial charge in [-0.15, -0.1) is 11.8 Å². The van der Waals surface area contributed by atoms with Gasteiger partial charge in [-0.25, -0.2) is 4.79 Å². The Labute approximate surface area is 151 Å². The van der Waals surface area contributed by atoms with Crippen molar-refractivity contribution in [1.29, 1.82) is 0 Å². The van der Waals surface area contributed by atoms with Crippen molar-refractivity contribution in [3.05, 3.63) is 41.2 Å². The molecular formula is C18H23N3O3S. The summed E-state index contributed by atoms with van der Waals surface area (Å²) in [6.07, 6.45) is -0.911. The highest BCUT2D eigenvalue weighted by atomic mass is 32.2. The van der Waals surface area contributed by atoms with Crippen LogP contribution >= 0.6 is 11.8 Å². The molecule has 0 bridgehead atoms. The van der Waals surface area contributed by atoms with Crippen LogP contribution < -0.4 is 5.32 Å².